The Morgan fingerprint density at radius 3 is 2.29 bits per heavy atom. The second kappa shape index (κ2) is 18.4. The van der Waals surface area contributed by atoms with Gasteiger partial charge in [0.15, 0.2) is 23.8 Å². The lowest BCUT2D eigenvalue weighted by Gasteiger charge is -2.17. The van der Waals surface area contributed by atoms with E-state index in [1.165, 1.54) is 6.92 Å². The van der Waals surface area contributed by atoms with Crippen LogP contribution in [0.3, 0.4) is 0 Å². The van der Waals surface area contributed by atoms with E-state index >= 15 is 0 Å². The second-order valence-corrected chi connectivity index (χ2v) is 13.9. The summed E-state index contributed by atoms with van der Waals surface area (Å²) in [6.07, 6.45) is -0.679. The third-order valence-electron chi connectivity index (χ3n) is 8.95. The summed E-state index contributed by atoms with van der Waals surface area (Å²) >= 11 is 0. The highest BCUT2D eigenvalue weighted by molar-refractivity contribution is 5.89. The van der Waals surface area contributed by atoms with Crippen molar-refractivity contribution in [3.63, 3.8) is 0 Å². The maximum Gasteiger partial charge on any atom is 0.519 e. The van der Waals surface area contributed by atoms with Gasteiger partial charge in [0.05, 0.1) is 12.0 Å². The van der Waals surface area contributed by atoms with Crippen molar-refractivity contribution in [3.8, 4) is 22.5 Å². The first-order chi connectivity index (χ1) is 28.2. The molecule has 0 bridgehead atoms. The van der Waals surface area contributed by atoms with E-state index in [0.29, 0.717) is 28.9 Å². The van der Waals surface area contributed by atoms with E-state index in [4.69, 9.17) is 33.5 Å². The van der Waals surface area contributed by atoms with Crippen LogP contribution in [0.25, 0.3) is 22.5 Å². The van der Waals surface area contributed by atoms with Gasteiger partial charge in [0.2, 0.25) is 12.1 Å². The number of nitrogens with zero attached hydrogens (tertiary/aromatic N) is 7. The zero-order chi connectivity index (χ0) is 42.3. The third-order valence-corrected chi connectivity index (χ3v) is 8.95. The number of aromatic nitrogens is 6. The topological polar surface area (TPSA) is 240 Å². The molecule has 1 unspecified atom stereocenters. The van der Waals surface area contributed by atoms with E-state index in [0.717, 1.165) is 27.9 Å². The van der Waals surface area contributed by atoms with E-state index in [9.17, 15) is 19.5 Å². The highest BCUT2D eigenvalue weighted by Gasteiger charge is 2.33. The molecule has 19 heteroatoms. The van der Waals surface area contributed by atoms with Crippen LogP contribution < -0.4 is 5.82 Å². The SMILES string of the molecule is CCCc1nc(C(C)(C)O)c(C(=O)OCc2oc(=O)oc2C)n1Cc1ccc(-c2ccccc2-c2nnn(C(C)OC(=O)OCc3cccc(CON(O)O)c3)n2)cc1. The molecule has 3 heterocycles. The van der Waals surface area contributed by atoms with Crippen molar-refractivity contribution in [2.24, 2.45) is 0 Å². The van der Waals surface area contributed by atoms with Gasteiger partial charge in [0, 0.05) is 18.5 Å². The average Bonchev–Trinajstić information content (AvgIpc) is 3.93. The lowest BCUT2D eigenvalue weighted by molar-refractivity contribution is -0.497. The minimum Gasteiger partial charge on any atom is -0.453 e. The van der Waals surface area contributed by atoms with Gasteiger partial charge in [-0.2, -0.15) is 0 Å². The van der Waals surface area contributed by atoms with Crippen LogP contribution in [0.5, 0.6) is 0 Å². The quantitative estimate of drug-likeness (QED) is 0.0704. The molecule has 6 rings (SSSR count). The number of aliphatic hydroxyl groups is 1. The van der Waals surface area contributed by atoms with Gasteiger partial charge in [-0.05, 0) is 67.1 Å². The van der Waals surface area contributed by atoms with Gasteiger partial charge in [-0.15, -0.1) is 15.0 Å². The van der Waals surface area contributed by atoms with Crippen molar-refractivity contribution < 1.29 is 53.0 Å². The smallest absolute Gasteiger partial charge is 0.453 e. The second-order valence-electron chi connectivity index (χ2n) is 13.9. The van der Waals surface area contributed by atoms with Gasteiger partial charge in [-0.3, -0.25) is 10.4 Å². The van der Waals surface area contributed by atoms with E-state index in [-0.39, 0.29) is 60.5 Å². The largest absolute Gasteiger partial charge is 0.519 e. The van der Waals surface area contributed by atoms with Crippen LogP contribution in [-0.2, 0) is 57.4 Å². The molecule has 0 saturated carbocycles. The molecule has 0 spiro atoms. The molecule has 0 aliphatic rings. The van der Waals surface area contributed by atoms with Crippen LogP contribution in [-0.4, -0.2) is 62.8 Å². The van der Waals surface area contributed by atoms with Gasteiger partial charge < -0.3 is 32.7 Å². The van der Waals surface area contributed by atoms with Crippen molar-refractivity contribution in [2.45, 2.75) is 85.7 Å². The number of hydrogen-bond acceptors (Lipinski definition) is 17. The van der Waals surface area contributed by atoms with E-state index in [1.54, 1.807) is 49.6 Å². The van der Waals surface area contributed by atoms with Gasteiger partial charge >= 0.3 is 17.9 Å². The molecule has 310 valence electrons. The molecular formula is C40H43N7O12. The molecule has 0 aliphatic carbocycles. The van der Waals surface area contributed by atoms with Crippen molar-refractivity contribution >= 4 is 12.1 Å². The number of esters is 1. The zero-order valence-corrected chi connectivity index (χ0v) is 32.9. The number of tetrazole rings is 1. The molecule has 0 radical (unpaired) electrons. The minimum absolute atomic E-state index is 0.0780. The minimum atomic E-state index is -1.48. The molecule has 6 aromatic rings. The standard InChI is InChI=1S/C40H43N7O12/c1-6-10-33-41-35(40(4,5)51)34(37(48)54-23-32-24(2)57-39(50)59-32)45(33)20-26-15-17-29(18-16-26)30-13-7-8-14-31(30)36-42-44-46(43-36)25(3)58-38(49)55-21-27-11-9-12-28(19-27)22-56-47(52)53/h7-9,11-19,25,51-53H,6,10,20-23H2,1-5H3. The molecule has 0 saturated heterocycles. The van der Waals surface area contributed by atoms with E-state index in [1.807, 2.05) is 55.5 Å². The van der Waals surface area contributed by atoms with Crippen LogP contribution in [0.4, 0.5) is 4.79 Å². The molecular weight excluding hydrogens is 770 g/mol. The predicted molar refractivity (Wildman–Crippen MR) is 203 cm³/mol. The van der Waals surface area contributed by atoms with Gasteiger partial charge in [0.25, 0.3) is 0 Å². The Hall–Kier alpha value is -6.51. The molecule has 0 amide bonds. The number of hydrogen-bond donors (Lipinski definition) is 3. The highest BCUT2D eigenvalue weighted by Crippen LogP contribution is 2.32. The van der Waals surface area contributed by atoms with Gasteiger partial charge in [-0.1, -0.05) is 79.7 Å². The Bertz CT molecular complexity index is 2440. The zero-order valence-electron chi connectivity index (χ0n) is 32.9. The molecule has 19 nitrogen and oxygen atoms in total. The molecule has 0 fully saturated rings. The van der Waals surface area contributed by atoms with E-state index in [2.05, 4.69) is 25.2 Å². The Labute approximate surface area is 336 Å². The van der Waals surface area contributed by atoms with Crippen LogP contribution in [0.15, 0.2) is 86.4 Å². The molecule has 1 atom stereocenters. The summed E-state index contributed by atoms with van der Waals surface area (Å²) < 4.78 is 27.8. The number of imidazole rings is 1. The van der Waals surface area contributed by atoms with Crippen LogP contribution in [0.1, 0.15) is 90.6 Å². The Kier molecular flexibility index (Phi) is 13.1. The van der Waals surface area contributed by atoms with E-state index < -0.39 is 29.8 Å². The summed E-state index contributed by atoms with van der Waals surface area (Å²) in [6, 6.07) is 21.9. The van der Waals surface area contributed by atoms with Crippen molar-refractivity contribution in [1.82, 2.24) is 35.1 Å². The van der Waals surface area contributed by atoms with Crippen molar-refractivity contribution in [1.29, 1.82) is 0 Å². The third kappa shape index (κ3) is 10.5. The first-order valence-corrected chi connectivity index (χ1v) is 18.5. The summed E-state index contributed by atoms with van der Waals surface area (Å²) in [5.41, 5.74) is 3.12. The summed E-state index contributed by atoms with van der Waals surface area (Å²) in [6.45, 7) is 7.81. The molecule has 0 aliphatic heterocycles. The summed E-state index contributed by atoms with van der Waals surface area (Å²) in [7, 11) is 0. The molecule has 3 aromatic heterocycles. The van der Waals surface area contributed by atoms with Gasteiger partial charge in [0.1, 0.15) is 23.7 Å². The maximum absolute atomic E-state index is 13.7. The summed E-state index contributed by atoms with van der Waals surface area (Å²) in [5, 5.41) is 41.0. The number of benzene rings is 3. The number of aryl methyl sites for hydroxylation is 2. The lowest BCUT2D eigenvalue weighted by Crippen LogP contribution is -2.23. The van der Waals surface area contributed by atoms with Gasteiger partial charge in [-0.25, -0.2) is 24.2 Å². The first kappa shape index (κ1) is 42.1. The fourth-order valence-electron chi connectivity index (χ4n) is 6.12. The average molecular weight is 814 g/mol. The fourth-order valence-corrected chi connectivity index (χ4v) is 6.12. The maximum atomic E-state index is 13.7. The highest BCUT2D eigenvalue weighted by atomic mass is 17.1. The molecule has 59 heavy (non-hydrogen) atoms. The van der Waals surface area contributed by atoms with Crippen molar-refractivity contribution in [2.75, 3.05) is 0 Å². The summed E-state index contributed by atoms with van der Waals surface area (Å²) in [4.78, 5) is 48.1. The predicted octanol–water partition coefficient (Wildman–Crippen LogP) is 6.03. The Morgan fingerprint density at radius 2 is 1.63 bits per heavy atom. The van der Waals surface area contributed by atoms with Crippen LogP contribution >= 0.6 is 0 Å². The normalized spacial score (nSPS) is 12.2. The fraction of sp³-hybridized carbons (Fsp3) is 0.325. The first-order valence-electron chi connectivity index (χ1n) is 18.5. The molecule has 3 aromatic carbocycles. The number of carbonyl (C=O) groups excluding carboxylic acids is 2. The van der Waals surface area contributed by atoms with Crippen LogP contribution in [0, 0.1) is 6.92 Å². The monoisotopic (exact) mass is 813 g/mol. The summed E-state index contributed by atoms with van der Waals surface area (Å²) in [5.74, 6) is -0.508. The Morgan fingerprint density at radius 1 is 0.915 bits per heavy atom. The Balaban J connectivity index is 1.16. The molecule has 3 N–H and O–H groups in total. The number of ether oxygens (including phenoxy) is 3. The lowest BCUT2D eigenvalue weighted by atomic mass is 9.98. The number of rotatable bonds is 17. The number of carbonyl (C=O) groups is 2. The van der Waals surface area contributed by atoms with Crippen LogP contribution in [0.2, 0.25) is 0 Å². The van der Waals surface area contributed by atoms with Crippen molar-refractivity contribution in [3.05, 3.63) is 129 Å².